The summed E-state index contributed by atoms with van der Waals surface area (Å²) in [5.74, 6) is 0.285. The van der Waals surface area contributed by atoms with Gasteiger partial charge in [0.15, 0.2) is 0 Å². The topological polar surface area (TPSA) is 51.2 Å². The molecule has 148 valence electrons. The van der Waals surface area contributed by atoms with Crippen molar-refractivity contribution >= 4 is 6.41 Å². The smallest absolute Gasteiger partial charge is 0.207 e. The minimum Gasteiger partial charge on any atom is -0.490 e. The minimum atomic E-state index is -1.35. The van der Waals surface area contributed by atoms with E-state index >= 15 is 0 Å². The number of halogens is 3. The number of hydrogen-bond acceptors (Lipinski definition) is 3. The molecule has 1 aliphatic heterocycles. The van der Waals surface area contributed by atoms with Crippen molar-refractivity contribution in [2.75, 3.05) is 26.5 Å². The zero-order valence-corrected chi connectivity index (χ0v) is 15.3. The van der Waals surface area contributed by atoms with Crippen molar-refractivity contribution in [2.24, 2.45) is 5.92 Å². The van der Waals surface area contributed by atoms with E-state index in [0.29, 0.717) is 47.1 Å². The number of fused-ring (bicyclic) bond motifs is 1. The average molecular weight is 390 g/mol. The number of carbonyl (C=O) groups is 1. The number of pyridine rings is 1. The fourth-order valence-corrected chi connectivity index (χ4v) is 3.82. The highest BCUT2D eigenvalue weighted by Gasteiger charge is 2.44. The first-order chi connectivity index (χ1) is 13.6. The van der Waals surface area contributed by atoms with Crippen molar-refractivity contribution in [3.63, 3.8) is 0 Å². The number of nitrogens with one attached hydrogen (secondary N) is 1. The molecule has 1 aromatic carbocycles. The number of rotatable bonds is 8. The van der Waals surface area contributed by atoms with E-state index in [1.54, 1.807) is 18.2 Å². The van der Waals surface area contributed by atoms with E-state index in [1.165, 1.54) is 12.1 Å². The molecular weight excluding hydrogens is 369 g/mol. The Labute approximate surface area is 161 Å². The molecule has 1 unspecified atom stereocenters. The zero-order valence-electron chi connectivity index (χ0n) is 15.3. The van der Waals surface area contributed by atoms with Gasteiger partial charge in [-0.2, -0.15) is 0 Å². The Balaban J connectivity index is 1.87. The molecular formula is C21H21F3N2O2. The Morgan fingerprint density at radius 2 is 1.96 bits per heavy atom. The Hall–Kier alpha value is -2.57. The summed E-state index contributed by atoms with van der Waals surface area (Å²) >= 11 is 0. The number of aromatic nitrogens is 1. The summed E-state index contributed by atoms with van der Waals surface area (Å²) in [5, 5.41) is 2.70. The molecule has 1 aromatic heterocycles. The van der Waals surface area contributed by atoms with Crippen LogP contribution in [-0.4, -0.2) is 37.9 Å². The first-order valence-corrected chi connectivity index (χ1v) is 9.35. The monoisotopic (exact) mass is 390 g/mol. The van der Waals surface area contributed by atoms with Crippen LogP contribution < -0.4 is 10.1 Å². The van der Waals surface area contributed by atoms with Crippen molar-refractivity contribution in [1.29, 1.82) is 0 Å². The fraction of sp³-hybridized carbons (Fsp3) is 0.429. The molecule has 0 spiro atoms. The molecule has 0 saturated heterocycles. The van der Waals surface area contributed by atoms with Gasteiger partial charge in [-0.1, -0.05) is 0 Å². The van der Waals surface area contributed by atoms with Gasteiger partial charge >= 0.3 is 0 Å². The van der Waals surface area contributed by atoms with Gasteiger partial charge in [-0.25, -0.2) is 18.2 Å². The van der Waals surface area contributed by atoms with Crippen LogP contribution in [0, 0.1) is 11.7 Å². The highest BCUT2D eigenvalue weighted by Crippen LogP contribution is 2.48. The van der Waals surface area contributed by atoms with Gasteiger partial charge in [0.1, 0.15) is 37.2 Å². The van der Waals surface area contributed by atoms with Crippen LogP contribution in [0.25, 0.3) is 11.3 Å². The molecule has 4 rings (SSSR count). The molecule has 1 atom stereocenters. The van der Waals surface area contributed by atoms with Gasteiger partial charge in [-0.3, -0.25) is 4.79 Å². The molecule has 28 heavy (non-hydrogen) atoms. The zero-order chi connectivity index (χ0) is 19.7. The van der Waals surface area contributed by atoms with Crippen LogP contribution in [0.5, 0.6) is 5.75 Å². The normalized spacial score (nSPS) is 18.2. The number of alkyl halides is 2. The Morgan fingerprint density at radius 1 is 1.25 bits per heavy atom. The predicted octanol–water partition coefficient (Wildman–Crippen LogP) is 3.70. The summed E-state index contributed by atoms with van der Waals surface area (Å²) in [6.45, 7) is -1.47. The molecule has 1 fully saturated rings. The van der Waals surface area contributed by atoms with Crippen LogP contribution in [0.1, 0.15) is 30.0 Å². The van der Waals surface area contributed by atoms with Gasteiger partial charge in [-0.05, 0) is 49.1 Å². The molecule has 1 amide bonds. The van der Waals surface area contributed by atoms with Gasteiger partial charge in [0.05, 0.1) is 5.41 Å². The summed E-state index contributed by atoms with van der Waals surface area (Å²) < 4.78 is 46.8. The van der Waals surface area contributed by atoms with Crippen LogP contribution in [0.3, 0.4) is 0 Å². The molecule has 2 heterocycles. The lowest BCUT2D eigenvalue weighted by atomic mass is 9.83. The third-order valence-corrected chi connectivity index (χ3v) is 5.68. The second kappa shape index (κ2) is 7.45. The van der Waals surface area contributed by atoms with Crippen molar-refractivity contribution in [3.05, 3.63) is 47.4 Å². The van der Waals surface area contributed by atoms with Crippen LogP contribution in [-0.2, 0) is 10.2 Å². The summed E-state index contributed by atoms with van der Waals surface area (Å²) in [4.78, 5) is 15.5. The maximum atomic E-state index is 13.9. The number of carbonyl (C=O) groups excluding carboxylic acids is 1. The van der Waals surface area contributed by atoms with Gasteiger partial charge in [-0.15, -0.1) is 0 Å². The van der Waals surface area contributed by atoms with E-state index in [-0.39, 0.29) is 18.3 Å². The Kier molecular flexibility index (Phi) is 5.00. The third-order valence-electron chi connectivity index (χ3n) is 5.68. The molecule has 1 saturated carbocycles. The molecule has 2 aromatic rings. The van der Waals surface area contributed by atoms with E-state index in [4.69, 9.17) is 9.72 Å². The maximum absolute atomic E-state index is 13.9. The van der Waals surface area contributed by atoms with E-state index in [1.807, 2.05) is 0 Å². The lowest BCUT2D eigenvalue weighted by molar-refractivity contribution is -0.109. The van der Waals surface area contributed by atoms with Crippen LogP contribution in [0.15, 0.2) is 30.3 Å². The van der Waals surface area contributed by atoms with Crippen LogP contribution >= 0.6 is 0 Å². The fourth-order valence-electron chi connectivity index (χ4n) is 3.82. The quantitative estimate of drug-likeness (QED) is 0.700. The molecule has 0 radical (unpaired) electrons. The Morgan fingerprint density at radius 3 is 2.57 bits per heavy atom. The standard InChI is InChI=1S/C21H21F3N2O2/c22-9-21(10-23)11-28-20-17(21)7-18(16(8-25-12-27)13-1-2-13)26-19(20)14-3-5-15(24)6-4-14/h3-7,12-13,16H,1-2,8-11H2,(H,25,27). The molecule has 7 heteroatoms. The summed E-state index contributed by atoms with van der Waals surface area (Å²) in [6.07, 6.45) is 2.67. The van der Waals surface area contributed by atoms with Gasteiger partial charge in [0, 0.05) is 29.3 Å². The highest BCUT2D eigenvalue weighted by molar-refractivity contribution is 5.71. The molecule has 0 bridgehead atoms. The first-order valence-electron chi connectivity index (χ1n) is 9.35. The summed E-state index contributed by atoms with van der Waals surface area (Å²) in [7, 11) is 0. The Bertz CT molecular complexity index is 865. The largest absolute Gasteiger partial charge is 0.490 e. The number of ether oxygens (including phenoxy) is 1. The van der Waals surface area contributed by atoms with Crippen molar-refractivity contribution < 1.29 is 22.7 Å². The van der Waals surface area contributed by atoms with E-state index in [2.05, 4.69) is 5.32 Å². The van der Waals surface area contributed by atoms with Crippen molar-refractivity contribution in [3.8, 4) is 17.0 Å². The number of benzene rings is 1. The number of nitrogens with zero attached hydrogens (tertiary/aromatic N) is 1. The first kappa shape index (κ1) is 18.8. The van der Waals surface area contributed by atoms with Gasteiger partial charge in [0.2, 0.25) is 6.41 Å². The van der Waals surface area contributed by atoms with Crippen LogP contribution in [0.2, 0.25) is 0 Å². The SMILES string of the molecule is O=CNCC(c1cc2c(c(-c3ccc(F)cc3)n1)OCC2(CF)CF)C1CC1. The van der Waals surface area contributed by atoms with Crippen molar-refractivity contribution in [1.82, 2.24) is 10.3 Å². The van der Waals surface area contributed by atoms with Gasteiger partial charge in [0.25, 0.3) is 0 Å². The lowest BCUT2D eigenvalue weighted by Crippen LogP contribution is -2.33. The van der Waals surface area contributed by atoms with Crippen LogP contribution in [0.4, 0.5) is 13.2 Å². The van der Waals surface area contributed by atoms with Gasteiger partial charge < -0.3 is 10.1 Å². The maximum Gasteiger partial charge on any atom is 0.207 e. The molecule has 1 N–H and O–H groups in total. The second-order valence-corrected chi connectivity index (χ2v) is 7.59. The minimum absolute atomic E-state index is 0.0489. The van der Waals surface area contributed by atoms with E-state index in [9.17, 15) is 18.0 Å². The van der Waals surface area contributed by atoms with E-state index in [0.717, 1.165) is 12.8 Å². The second-order valence-electron chi connectivity index (χ2n) is 7.59. The molecule has 2 aliphatic rings. The molecule has 1 aliphatic carbocycles. The molecule has 4 nitrogen and oxygen atoms in total. The average Bonchev–Trinajstić information content (AvgIpc) is 3.49. The summed E-state index contributed by atoms with van der Waals surface area (Å²) in [5.41, 5.74) is 0.845. The predicted molar refractivity (Wildman–Crippen MR) is 98.3 cm³/mol. The van der Waals surface area contributed by atoms with Crippen molar-refractivity contribution in [2.45, 2.75) is 24.2 Å². The number of hydrogen-bond donors (Lipinski definition) is 1. The highest BCUT2D eigenvalue weighted by atomic mass is 19.1. The van der Waals surface area contributed by atoms with E-state index < -0.39 is 18.8 Å². The lowest BCUT2D eigenvalue weighted by Gasteiger charge is -2.23. The third kappa shape index (κ3) is 3.23. The summed E-state index contributed by atoms with van der Waals surface area (Å²) in [6, 6.07) is 7.51. The number of amides is 1.